The summed E-state index contributed by atoms with van der Waals surface area (Å²) in [7, 11) is 1.60. The summed E-state index contributed by atoms with van der Waals surface area (Å²) >= 11 is 1.72. The molecule has 0 spiro atoms. The molecule has 0 aromatic carbocycles. The van der Waals surface area contributed by atoms with Crippen LogP contribution in [0, 0.1) is 5.92 Å². The fourth-order valence-electron chi connectivity index (χ4n) is 2.88. The summed E-state index contributed by atoms with van der Waals surface area (Å²) in [5.41, 5.74) is 5.58. The Morgan fingerprint density at radius 1 is 1.55 bits per heavy atom. The van der Waals surface area contributed by atoms with E-state index in [1.807, 2.05) is 6.07 Å². The first-order chi connectivity index (χ1) is 9.74. The van der Waals surface area contributed by atoms with Gasteiger partial charge in [-0.05, 0) is 30.2 Å². The van der Waals surface area contributed by atoms with Gasteiger partial charge in [-0.3, -0.25) is 4.79 Å². The molecule has 4 nitrogen and oxygen atoms in total. The predicted octanol–water partition coefficient (Wildman–Crippen LogP) is 2.46. The van der Waals surface area contributed by atoms with Crippen molar-refractivity contribution >= 4 is 17.2 Å². The molecule has 112 valence electrons. The molecule has 1 aliphatic carbocycles. The van der Waals surface area contributed by atoms with Gasteiger partial charge in [0.15, 0.2) is 0 Å². The first-order valence-corrected chi connectivity index (χ1v) is 8.18. The van der Waals surface area contributed by atoms with E-state index in [1.54, 1.807) is 18.4 Å². The molecule has 1 aliphatic rings. The number of thiophene rings is 1. The van der Waals surface area contributed by atoms with Crippen molar-refractivity contribution in [2.24, 2.45) is 11.7 Å². The van der Waals surface area contributed by atoms with Crippen LogP contribution in [-0.2, 0) is 9.53 Å². The molecule has 2 unspecified atom stereocenters. The monoisotopic (exact) mass is 296 g/mol. The molecule has 0 saturated heterocycles. The maximum atomic E-state index is 12.2. The highest BCUT2D eigenvalue weighted by Gasteiger charge is 2.28. The average molecular weight is 296 g/mol. The summed E-state index contributed by atoms with van der Waals surface area (Å²) in [6.45, 7) is 0.372. The van der Waals surface area contributed by atoms with Gasteiger partial charge >= 0.3 is 0 Å². The van der Waals surface area contributed by atoms with Gasteiger partial charge < -0.3 is 15.8 Å². The molecule has 0 aliphatic heterocycles. The summed E-state index contributed by atoms with van der Waals surface area (Å²) < 4.78 is 5.18. The van der Waals surface area contributed by atoms with Crippen LogP contribution in [0.2, 0.25) is 0 Å². The quantitative estimate of drug-likeness (QED) is 0.812. The lowest BCUT2D eigenvalue weighted by Gasteiger charge is -2.24. The van der Waals surface area contributed by atoms with Crippen LogP contribution >= 0.6 is 11.3 Å². The van der Waals surface area contributed by atoms with Crippen LogP contribution in [0.4, 0.5) is 0 Å². The van der Waals surface area contributed by atoms with Gasteiger partial charge in [-0.1, -0.05) is 18.9 Å². The van der Waals surface area contributed by atoms with Crippen LogP contribution in [0.15, 0.2) is 17.5 Å². The highest BCUT2D eigenvalue weighted by Crippen LogP contribution is 2.37. The highest BCUT2D eigenvalue weighted by molar-refractivity contribution is 7.10. The third-order valence-corrected chi connectivity index (χ3v) is 5.00. The average Bonchev–Trinajstić information content (AvgIpc) is 3.14. The smallest absolute Gasteiger partial charge is 0.223 e. The molecular formula is C15H24N2O2S. The van der Waals surface area contributed by atoms with Crippen molar-refractivity contribution in [3.05, 3.63) is 22.4 Å². The van der Waals surface area contributed by atoms with Gasteiger partial charge in [-0.25, -0.2) is 0 Å². The maximum absolute atomic E-state index is 12.2. The highest BCUT2D eigenvalue weighted by atomic mass is 32.1. The number of hydrogen-bond acceptors (Lipinski definition) is 4. The molecule has 1 amide bonds. The van der Waals surface area contributed by atoms with E-state index < -0.39 is 0 Å². The van der Waals surface area contributed by atoms with Crippen LogP contribution in [0.3, 0.4) is 0 Å². The third kappa shape index (κ3) is 4.04. The van der Waals surface area contributed by atoms with Gasteiger partial charge in [0, 0.05) is 18.5 Å². The van der Waals surface area contributed by atoms with Crippen molar-refractivity contribution in [1.82, 2.24) is 5.32 Å². The Kier molecular flexibility index (Phi) is 6.01. The van der Waals surface area contributed by atoms with Gasteiger partial charge in [-0.2, -0.15) is 0 Å². The van der Waals surface area contributed by atoms with E-state index in [1.165, 1.54) is 30.6 Å². The van der Waals surface area contributed by atoms with Gasteiger partial charge in [-0.15, -0.1) is 11.3 Å². The minimum atomic E-state index is -0.192. The van der Waals surface area contributed by atoms with Gasteiger partial charge in [0.2, 0.25) is 5.91 Å². The zero-order chi connectivity index (χ0) is 14.4. The van der Waals surface area contributed by atoms with Crippen molar-refractivity contribution < 1.29 is 9.53 Å². The van der Waals surface area contributed by atoms with E-state index in [0.717, 1.165) is 0 Å². The Morgan fingerprint density at radius 2 is 2.30 bits per heavy atom. The van der Waals surface area contributed by atoms with Crippen molar-refractivity contribution in [3.8, 4) is 0 Å². The third-order valence-electron chi connectivity index (χ3n) is 4.05. The minimum absolute atomic E-state index is 0.0348. The predicted molar refractivity (Wildman–Crippen MR) is 81.6 cm³/mol. The van der Waals surface area contributed by atoms with E-state index in [-0.39, 0.29) is 18.1 Å². The number of nitrogens with one attached hydrogen (secondary N) is 1. The summed E-state index contributed by atoms with van der Waals surface area (Å²) in [6, 6.07) is 4.32. The van der Waals surface area contributed by atoms with Crippen molar-refractivity contribution in [2.75, 3.05) is 13.7 Å². The molecule has 2 rings (SSSR count). The number of rotatable bonds is 7. The van der Waals surface area contributed by atoms with Crippen molar-refractivity contribution in [1.29, 1.82) is 0 Å². The SMILES string of the molecule is COC(CN)CC(=O)NC(c1cccs1)C1CCCC1. The molecule has 20 heavy (non-hydrogen) atoms. The van der Waals surface area contributed by atoms with Crippen LogP contribution in [0.25, 0.3) is 0 Å². The summed E-state index contributed by atoms with van der Waals surface area (Å²) in [5, 5.41) is 5.27. The number of amides is 1. The molecule has 3 N–H and O–H groups in total. The Morgan fingerprint density at radius 3 is 2.85 bits per heavy atom. The van der Waals surface area contributed by atoms with Gasteiger partial charge in [0.05, 0.1) is 18.6 Å². The standard InChI is InChI=1S/C15H24N2O2S/c1-19-12(10-16)9-14(18)17-15(11-5-2-3-6-11)13-7-4-8-20-13/h4,7-8,11-12,15H,2-3,5-6,9-10,16H2,1H3,(H,17,18). The Labute approximate surface area is 124 Å². The zero-order valence-electron chi connectivity index (χ0n) is 12.0. The van der Waals surface area contributed by atoms with E-state index in [0.29, 0.717) is 18.9 Å². The molecule has 1 aromatic heterocycles. The number of ether oxygens (including phenoxy) is 1. The van der Waals surface area contributed by atoms with E-state index in [2.05, 4.69) is 16.8 Å². The first kappa shape index (κ1) is 15.5. The minimum Gasteiger partial charge on any atom is -0.380 e. The van der Waals surface area contributed by atoms with Crippen LogP contribution in [-0.4, -0.2) is 25.7 Å². The lowest BCUT2D eigenvalue weighted by atomic mass is 9.96. The molecule has 1 aromatic rings. The number of methoxy groups -OCH3 is 1. The molecular weight excluding hydrogens is 272 g/mol. The molecule has 2 atom stereocenters. The zero-order valence-corrected chi connectivity index (χ0v) is 12.8. The topological polar surface area (TPSA) is 64.3 Å². The Bertz CT molecular complexity index is 398. The Balaban J connectivity index is 1.98. The van der Waals surface area contributed by atoms with Crippen LogP contribution in [0.5, 0.6) is 0 Å². The van der Waals surface area contributed by atoms with Gasteiger partial charge in [0.25, 0.3) is 0 Å². The fourth-order valence-corrected chi connectivity index (χ4v) is 3.75. The van der Waals surface area contributed by atoms with E-state index >= 15 is 0 Å². The van der Waals surface area contributed by atoms with Crippen LogP contribution in [0.1, 0.15) is 43.0 Å². The number of carbonyl (C=O) groups is 1. The lowest BCUT2D eigenvalue weighted by Crippen LogP contribution is -2.36. The van der Waals surface area contributed by atoms with Crippen LogP contribution < -0.4 is 11.1 Å². The summed E-state index contributed by atoms with van der Waals surface area (Å²) in [4.78, 5) is 13.4. The largest absolute Gasteiger partial charge is 0.380 e. The van der Waals surface area contributed by atoms with Crippen molar-refractivity contribution in [2.45, 2.75) is 44.2 Å². The van der Waals surface area contributed by atoms with Gasteiger partial charge in [0.1, 0.15) is 0 Å². The normalized spacial score (nSPS) is 18.9. The van der Waals surface area contributed by atoms with E-state index in [4.69, 9.17) is 10.5 Å². The summed E-state index contributed by atoms with van der Waals surface area (Å²) in [5.74, 6) is 0.601. The molecule has 0 bridgehead atoms. The number of hydrogen-bond donors (Lipinski definition) is 2. The molecule has 5 heteroatoms. The molecule has 1 fully saturated rings. The first-order valence-electron chi connectivity index (χ1n) is 7.30. The molecule has 1 heterocycles. The lowest BCUT2D eigenvalue weighted by molar-refractivity contribution is -0.124. The maximum Gasteiger partial charge on any atom is 0.223 e. The second-order valence-electron chi connectivity index (χ2n) is 5.40. The molecule has 0 radical (unpaired) electrons. The second kappa shape index (κ2) is 7.76. The van der Waals surface area contributed by atoms with Crippen molar-refractivity contribution in [3.63, 3.8) is 0 Å². The summed E-state index contributed by atoms with van der Waals surface area (Å²) in [6.07, 6.45) is 5.09. The Hall–Kier alpha value is -0.910. The fraction of sp³-hybridized carbons (Fsp3) is 0.667. The number of nitrogens with two attached hydrogens (primary N) is 1. The molecule has 1 saturated carbocycles. The second-order valence-corrected chi connectivity index (χ2v) is 6.38. The van der Waals surface area contributed by atoms with E-state index in [9.17, 15) is 4.79 Å². The number of carbonyl (C=O) groups excluding carboxylic acids is 1.